The van der Waals surface area contributed by atoms with Crippen molar-refractivity contribution in [2.75, 3.05) is 7.05 Å². The number of carbonyl (C=O) groups is 1. The first-order chi connectivity index (χ1) is 7.68. The number of amides is 1. The Hall–Kier alpha value is -1.42. The monoisotopic (exact) mass is 232 g/mol. The molecule has 82 valence electrons. The van der Waals surface area contributed by atoms with Crippen molar-refractivity contribution < 1.29 is 4.79 Å². The minimum atomic E-state index is -0.0765. The van der Waals surface area contributed by atoms with Crippen LogP contribution in [0.1, 0.15) is 11.1 Å². The van der Waals surface area contributed by atoms with Gasteiger partial charge in [-0.25, -0.2) is 0 Å². The summed E-state index contributed by atoms with van der Waals surface area (Å²) >= 11 is 5.28. The van der Waals surface area contributed by atoms with E-state index in [-0.39, 0.29) is 11.9 Å². The van der Waals surface area contributed by atoms with Crippen molar-refractivity contribution in [2.24, 2.45) is 0 Å². The Morgan fingerprint density at radius 2 is 2.00 bits per heavy atom. The van der Waals surface area contributed by atoms with Crippen LogP contribution in [-0.2, 0) is 17.8 Å². The lowest BCUT2D eigenvalue weighted by Crippen LogP contribution is -2.39. The van der Waals surface area contributed by atoms with E-state index in [9.17, 15) is 4.79 Å². The highest BCUT2D eigenvalue weighted by Gasteiger charge is 2.42. The molecule has 16 heavy (non-hydrogen) atoms. The molecule has 3 rings (SSSR count). The summed E-state index contributed by atoms with van der Waals surface area (Å²) in [5.74, 6) is 0.125. The van der Waals surface area contributed by atoms with Crippen LogP contribution in [0.4, 0.5) is 0 Å². The molecule has 4 heteroatoms. The largest absolute Gasteiger partial charge is 0.332 e. The minimum absolute atomic E-state index is 0.0765. The molecule has 3 nitrogen and oxygen atoms in total. The Labute approximate surface area is 99.6 Å². The van der Waals surface area contributed by atoms with Gasteiger partial charge in [-0.2, -0.15) is 0 Å². The van der Waals surface area contributed by atoms with Gasteiger partial charge in [-0.3, -0.25) is 9.69 Å². The summed E-state index contributed by atoms with van der Waals surface area (Å²) in [4.78, 5) is 15.6. The summed E-state index contributed by atoms with van der Waals surface area (Å²) in [6.07, 6.45) is 0.777. The van der Waals surface area contributed by atoms with Gasteiger partial charge in [0.2, 0.25) is 0 Å². The van der Waals surface area contributed by atoms with Gasteiger partial charge in [-0.1, -0.05) is 24.3 Å². The summed E-state index contributed by atoms with van der Waals surface area (Å²) in [5.41, 5.74) is 2.56. The van der Waals surface area contributed by atoms with E-state index in [0.29, 0.717) is 5.11 Å². The molecule has 0 bridgehead atoms. The molecule has 0 aliphatic carbocycles. The molecular weight excluding hydrogens is 220 g/mol. The van der Waals surface area contributed by atoms with E-state index < -0.39 is 0 Å². The van der Waals surface area contributed by atoms with Crippen LogP contribution in [0.25, 0.3) is 0 Å². The maximum Gasteiger partial charge on any atom is 0.251 e. The van der Waals surface area contributed by atoms with Gasteiger partial charge in [0.1, 0.15) is 6.04 Å². The van der Waals surface area contributed by atoms with Crippen LogP contribution in [0.5, 0.6) is 0 Å². The van der Waals surface area contributed by atoms with Crippen LogP contribution in [-0.4, -0.2) is 33.9 Å². The molecule has 1 atom stereocenters. The molecule has 1 aromatic rings. The van der Waals surface area contributed by atoms with Crippen LogP contribution in [0, 0.1) is 0 Å². The number of thiocarbonyl (C=S) groups is 1. The predicted molar refractivity (Wildman–Crippen MR) is 64.8 cm³/mol. The van der Waals surface area contributed by atoms with Crippen LogP contribution < -0.4 is 0 Å². The van der Waals surface area contributed by atoms with Crippen molar-refractivity contribution in [3.63, 3.8) is 0 Å². The van der Waals surface area contributed by atoms with Gasteiger partial charge in [0.05, 0.1) is 0 Å². The van der Waals surface area contributed by atoms with Crippen LogP contribution in [0.2, 0.25) is 0 Å². The smallest absolute Gasteiger partial charge is 0.251 e. The number of nitrogens with zero attached hydrogens (tertiary/aromatic N) is 2. The average molecular weight is 232 g/mol. The molecule has 0 N–H and O–H groups in total. The molecule has 2 heterocycles. The number of carbonyl (C=O) groups excluding carboxylic acids is 1. The Balaban J connectivity index is 2.03. The summed E-state index contributed by atoms with van der Waals surface area (Å²) in [6.45, 7) is 0.760. The van der Waals surface area contributed by atoms with Crippen molar-refractivity contribution in [1.29, 1.82) is 0 Å². The van der Waals surface area contributed by atoms with Gasteiger partial charge in [0.15, 0.2) is 5.11 Å². The van der Waals surface area contributed by atoms with Gasteiger partial charge < -0.3 is 4.90 Å². The second-order valence-corrected chi connectivity index (χ2v) is 4.66. The van der Waals surface area contributed by atoms with E-state index in [4.69, 9.17) is 12.2 Å². The zero-order chi connectivity index (χ0) is 11.3. The maximum absolute atomic E-state index is 12.0. The molecular formula is C12H12N2OS. The lowest BCUT2D eigenvalue weighted by Gasteiger charge is -2.30. The first kappa shape index (κ1) is 9.78. The lowest BCUT2D eigenvalue weighted by molar-refractivity contribution is -0.127. The van der Waals surface area contributed by atoms with E-state index in [1.165, 1.54) is 11.1 Å². The Morgan fingerprint density at radius 1 is 1.31 bits per heavy atom. The lowest BCUT2D eigenvalue weighted by atomic mass is 9.95. The van der Waals surface area contributed by atoms with Crippen LogP contribution in [0.15, 0.2) is 24.3 Å². The molecule has 2 aliphatic rings. The molecule has 0 spiro atoms. The number of hydrogen-bond acceptors (Lipinski definition) is 2. The summed E-state index contributed by atoms with van der Waals surface area (Å²) in [5, 5.41) is 0.657. The number of benzene rings is 1. The third kappa shape index (κ3) is 1.19. The number of rotatable bonds is 0. The zero-order valence-corrected chi connectivity index (χ0v) is 9.83. The van der Waals surface area contributed by atoms with E-state index in [1.807, 2.05) is 17.0 Å². The van der Waals surface area contributed by atoms with E-state index >= 15 is 0 Å². The van der Waals surface area contributed by atoms with Gasteiger partial charge in [-0.05, 0) is 23.3 Å². The molecule has 1 aromatic carbocycles. The molecule has 1 amide bonds. The van der Waals surface area contributed by atoms with E-state index in [1.54, 1.807) is 11.9 Å². The molecule has 2 aliphatic heterocycles. The first-order valence-corrected chi connectivity index (χ1v) is 5.74. The van der Waals surface area contributed by atoms with Crippen molar-refractivity contribution in [2.45, 2.75) is 19.0 Å². The van der Waals surface area contributed by atoms with Crippen molar-refractivity contribution in [3.05, 3.63) is 35.4 Å². The van der Waals surface area contributed by atoms with E-state index in [0.717, 1.165) is 13.0 Å². The highest BCUT2D eigenvalue weighted by Crippen LogP contribution is 2.29. The Bertz CT molecular complexity index is 443. The Kier molecular flexibility index (Phi) is 2.01. The van der Waals surface area contributed by atoms with E-state index in [2.05, 4.69) is 12.1 Å². The average Bonchev–Trinajstić information content (AvgIpc) is 2.52. The van der Waals surface area contributed by atoms with Crippen molar-refractivity contribution >= 4 is 23.2 Å². The summed E-state index contributed by atoms with van der Waals surface area (Å²) in [6, 6.07) is 8.19. The van der Waals surface area contributed by atoms with Crippen LogP contribution in [0.3, 0.4) is 0 Å². The minimum Gasteiger partial charge on any atom is -0.332 e. The number of fused-ring (bicyclic) bond motifs is 2. The molecule has 0 radical (unpaired) electrons. The molecule has 0 saturated carbocycles. The maximum atomic E-state index is 12.0. The van der Waals surface area contributed by atoms with Crippen molar-refractivity contribution in [1.82, 2.24) is 9.80 Å². The van der Waals surface area contributed by atoms with Crippen molar-refractivity contribution in [3.8, 4) is 0 Å². The van der Waals surface area contributed by atoms with Gasteiger partial charge in [-0.15, -0.1) is 0 Å². The third-order valence-electron chi connectivity index (χ3n) is 3.40. The fourth-order valence-corrected chi connectivity index (χ4v) is 2.74. The highest BCUT2D eigenvalue weighted by molar-refractivity contribution is 7.80. The standard InChI is InChI=1S/C12H12N2OS/c1-13-11(15)10-6-8-4-2-3-5-9(8)7-14(10)12(13)16/h2-5,10H,6-7H2,1H3. The molecule has 1 unspecified atom stereocenters. The Morgan fingerprint density at radius 3 is 2.75 bits per heavy atom. The molecule has 0 aromatic heterocycles. The van der Waals surface area contributed by atoms with Gasteiger partial charge >= 0.3 is 0 Å². The topological polar surface area (TPSA) is 23.6 Å². The fourth-order valence-electron chi connectivity index (χ4n) is 2.46. The zero-order valence-electron chi connectivity index (χ0n) is 9.01. The quantitative estimate of drug-likeness (QED) is 0.627. The normalized spacial score (nSPS) is 23.4. The second kappa shape index (κ2) is 3.28. The fraction of sp³-hybridized carbons (Fsp3) is 0.333. The van der Waals surface area contributed by atoms with Gasteiger partial charge in [0, 0.05) is 20.0 Å². The number of hydrogen-bond donors (Lipinski definition) is 0. The van der Waals surface area contributed by atoms with Crippen LogP contribution >= 0.6 is 12.2 Å². The third-order valence-corrected chi connectivity index (χ3v) is 3.91. The summed E-state index contributed by atoms with van der Waals surface area (Å²) < 4.78 is 0. The summed E-state index contributed by atoms with van der Waals surface area (Å²) in [7, 11) is 1.76. The number of likely N-dealkylation sites (N-methyl/N-ethyl adjacent to an activating group) is 1. The van der Waals surface area contributed by atoms with Gasteiger partial charge in [0.25, 0.3) is 5.91 Å². The second-order valence-electron chi connectivity index (χ2n) is 4.30. The molecule has 1 saturated heterocycles. The highest BCUT2D eigenvalue weighted by atomic mass is 32.1. The predicted octanol–water partition coefficient (Wildman–Crippen LogP) is 1.17. The first-order valence-electron chi connectivity index (χ1n) is 5.33. The molecule has 1 fully saturated rings. The SMILES string of the molecule is CN1C(=O)C2Cc3ccccc3CN2C1=S.